The molecule has 1 aliphatic rings. The highest BCUT2D eigenvalue weighted by molar-refractivity contribution is 5.76. The van der Waals surface area contributed by atoms with Gasteiger partial charge < -0.3 is 15.0 Å². The van der Waals surface area contributed by atoms with Gasteiger partial charge >= 0.3 is 5.97 Å². The van der Waals surface area contributed by atoms with Crippen LogP contribution in [0.2, 0.25) is 0 Å². The van der Waals surface area contributed by atoms with Crippen molar-refractivity contribution >= 4 is 11.9 Å². The van der Waals surface area contributed by atoms with Crippen LogP contribution in [0.25, 0.3) is 22.6 Å². The quantitative estimate of drug-likeness (QED) is 0.460. The number of amides is 1. The Balaban J connectivity index is 1.40. The summed E-state index contributed by atoms with van der Waals surface area (Å²) in [6.45, 7) is 3.10. The number of tetrazole rings is 1. The van der Waals surface area contributed by atoms with Gasteiger partial charge in [-0.1, -0.05) is 18.2 Å². The number of cyclic esters (lactones) is 1. The van der Waals surface area contributed by atoms with E-state index in [2.05, 4.69) is 25.7 Å². The lowest BCUT2D eigenvalue weighted by Gasteiger charge is -2.09. The van der Waals surface area contributed by atoms with E-state index in [0.717, 1.165) is 6.54 Å². The number of nitrogens with zero attached hydrogens (tertiary/aromatic N) is 6. The Morgan fingerprint density at radius 1 is 1.29 bits per heavy atom. The summed E-state index contributed by atoms with van der Waals surface area (Å²) in [6, 6.07) is 8.43. The standard InChI is InChI=1S/C24H28FN7O3/c1-15(33)26-14-19-12-18(24(34)35-19)10-16-4-6-20(21(25)11-16)17-5-7-22(27-13-17)23-28-30-32(29-23)9-8-31(2)3/h4-7,11,13,18-19H,8-10,12,14H2,1-3H3,(H,26,33). The molecule has 184 valence electrons. The third-order valence-electron chi connectivity index (χ3n) is 5.76. The second-order valence-corrected chi connectivity index (χ2v) is 8.89. The van der Waals surface area contributed by atoms with Crippen LogP contribution in [-0.2, 0) is 27.3 Å². The van der Waals surface area contributed by atoms with Crippen molar-refractivity contribution in [2.24, 2.45) is 5.92 Å². The Bertz CT molecular complexity index is 1200. The summed E-state index contributed by atoms with van der Waals surface area (Å²) in [5.74, 6) is -0.847. The molecular formula is C24H28FN7O3. The first-order chi connectivity index (χ1) is 16.8. The molecule has 4 rings (SSSR count). The molecule has 35 heavy (non-hydrogen) atoms. The summed E-state index contributed by atoms with van der Waals surface area (Å²) < 4.78 is 20.3. The summed E-state index contributed by atoms with van der Waals surface area (Å²) in [5.41, 5.74) is 2.29. The number of rotatable bonds is 9. The molecule has 10 nitrogen and oxygen atoms in total. The van der Waals surface area contributed by atoms with Gasteiger partial charge in [0.05, 0.1) is 19.0 Å². The van der Waals surface area contributed by atoms with Gasteiger partial charge in [0.2, 0.25) is 11.7 Å². The first-order valence-electron chi connectivity index (χ1n) is 11.4. The molecule has 3 aromatic rings. The minimum absolute atomic E-state index is 0.174. The number of esters is 1. The van der Waals surface area contributed by atoms with Crippen molar-refractivity contribution in [1.29, 1.82) is 0 Å². The number of pyridine rings is 1. The van der Waals surface area contributed by atoms with Crippen LogP contribution in [-0.4, -0.2) is 75.3 Å². The van der Waals surface area contributed by atoms with E-state index in [0.29, 0.717) is 47.6 Å². The molecule has 1 saturated heterocycles. The molecule has 0 radical (unpaired) electrons. The van der Waals surface area contributed by atoms with Crippen LogP contribution in [0.15, 0.2) is 36.5 Å². The molecule has 1 aliphatic heterocycles. The molecule has 2 aromatic heterocycles. The highest BCUT2D eigenvalue weighted by atomic mass is 19.1. The monoisotopic (exact) mass is 481 g/mol. The number of aromatic nitrogens is 5. The Kier molecular flexibility index (Phi) is 7.45. The second-order valence-electron chi connectivity index (χ2n) is 8.89. The molecule has 3 heterocycles. The summed E-state index contributed by atoms with van der Waals surface area (Å²) in [6.07, 6.45) is 2.09. The number of hydrogen-bond donors (Lipinski definition) is 1. The fraction of sp³-hybridized carbons (Fsp3) is 0.417. The van der Waals surface area contributed by atoms with Crippen LogP contribution in [0.5, 0.6) is 0 Å². The number of carbonyl (C=O) groups excluding carboxylic acids is 2. The molecule has 0 bridgehead atoms. The number of ether oxygens (including phenoxy) is 1. The van der Waals surface area contributed by atoms with Gasteiger partial charge in [-0.05, 0) is 49.8 Å². The Labute approximate surface area is 202 Å². The van der Waals surface area contributed by atoms with Crippen molar-refractivity contribution in [3.05, 3.63) is 47.9 Å². The van der Waals surface area contributed by atoms with Gasteiger partial charge in [-0.3, -0.25) is 14.6 Å². The van der Waals surface area contributed by atoms with E-state index in [1.54, 1.807) is 30.5 Å². The number of nitrogens with one attached hydrogen (secondary N) is 1. The number of benzene rings is 1. The highest BCUT2D eigenvalue weighted by Gasteiger charge is 2.34. The molecule has 0 saturated carbocycles. The van der Waals surface area contributed by atoms with Gasteiger partial charge in [-0.25, -0.2) is 4.39 Å². The largest absolute Gasteiger partial charge is 0.460 e. The zero-order chi connectivity index (χ0) is 24.9. The normalized spacial score (nSPS) is 17.6. The maximum absolute atomic E-state index is 14.9. The fourth-order valence-corrected chi connectivity index (χ4v) is 3.89. The maximum atomic E-state index is 14.9. The number of carbonyl (C=O) groups is 2. The van der Waals surface area contributed by atoms with Crippen LogP contribution in [0.4, 0.5) is 4.39 Å². The second kappa shape index (κ2) is 10.7. The smallest absolute Gasteiger partial charge is 0.309 e. The fourth-order valence-electron chi connectivity index (χ4n) is 3.89. The van der Waals surface area contributed by atoms with Crippen LogP contribution in [0.3, 0.4) is 0 Å². The Morgan fingerprint density at radius 2 is 2.11 bits per heavy atom. The van der Waals surface area contributed by atoms with Crippen LogP contribution >= 0.6 is 0 Å². The molecule has 0 spiro atoms. The van der Waals surface area contributed by atoms with Gasteiger partial charge in [0.25, 0.3) is 0 Å². The van der Waals surface area contributed by atoms with Crippen LogP contribution in [0, 0.1) is 11.7 Å². The first-order valence-corrected chi connectivity index (χ1v) is 11.4. The molecule has 11 heteroatoms. The topological polar surface area (TPSA) is 115 Å². The van der Waals surface area contributed by atoms with E-state index < -0.39 is 5.82 Å². The molecule has 1 fully saturated rings. The van der Waals surface area contributed by atoms with E-state index in [1.807, 2.05) is 19.0 Å². The van der Waals surface area contributed by atoms with E-state index in [1.165, 1.54) is 17.8 Å². The third-order valence-corrected chi connectivity index (χ3v) is 5.76. The summed E-state index contributed by atoms with van der Waals surface area (Å²) >= 11 is 0. The predicted octanol–water partition coefficient (Wildman–Crippen LogP) is 1.71. The minimum atomic E-state index is -0.397. The van der Waals surface area contributed by atoms with Gasteiger partial charge in [-0.2, -0.15) is 4.80 Å². The predicted molar refractivity (Wildman–Crippen MR) is 125 cm³/mol. The van der Waals surface area contributed by atoms with Crippen molar-refractivity contribution in [1.82, 2.24) is 35.4 Å². The zero-order valence-electron chi connectivity index (χ0n) is 19.9. The summed E-state index contributed by atoms with van der Waals surface area (Å²) in [7, 11) is 3.94. The lowest BCUT2D eigenvalue weighted by Crippen LogP contribution is -2.30. The first kappa shape index (κ1) is 24.4. The van der Waals surface area contributed by atoms with Crippen molar-refractivity contribution < 1.29 is 18.7 Å². The number of likely N-dealkylation sites (N-methyl/N-ethyl adjacent to an activating group) is 1. The molecule has 2 unspecified atom stereocenters. The molecule has 2 atom stereocenters. The molecular weight excluding hydrogens is 453 g/mol. The number of halogens is 1. The molecule has 1 aromatic carbocycles. The summed E-state index contributed by atoms with van der Waals surface area (Å²) in [4.78, 5) is 31.2. The lowest BCUT2D eigenvalue weighted by molar-refractivity contribution is -0.144. The van der Waals surface area contributed by atoms with Crippen molar-refractivity contribution in [3.63, 3.8) is 0 Å². The lowest BCUT2D eigenvalue weighted by atomic mass is 9.94. The van der Waals surface area contributed by atoms with Crippen LogP contribution < -0.4 is 5.32 Å². The van der Waals surface area contributed by atoms with Crippen LogP contribution in [0.1, 0.15) is 18.9 Å². The van der Waals surface area contributed by atoms with E-state index in [9.17, 15) is 14.0 Å². The van der Waals surface area contributed by atoms with Gasteiger partial charge in [0.15, 0.2) is 0 Å². The van der Waals surface area contributed by atoms with Crippen molar-refractivity contribution in [3.8, 4) is 22.6 Å². The van der Waals surface area contributed by atoms with E-state index >= 15 is 0 Å². The van der Waals surface area contributed by atoms with Gasteiger partial charge in [0, 0.05) is 30.8 Å². The van der Waals surface area contributed by atoms with Gasteiger partial charge in [-0.15, -0.1) is 10.2 Å². The average Bonchev–Trinajstić information content (AvgIpc) is 3.43. The zero-order valence-corrected chi connectivity index (χ0v) is 19.9. The molecule has 1 amide bonds. The third kappa shape index (κ3) is 6.24. The van der Waals surface area contributed by atoms with Gasteiger partial charge in [0.1, 0.15) is 17.6 Å². The van der Waals surface area contributed by atoms with Crippen molar-refractivity contribution in [2.45, 2.75) is 32.4 Å². The average molecular weight is 482 g/mol. The molecule has 0 aliphatic carbocycles. The Hall–Kier alpha value is -3.73. The molecule has 1 N–H and O–H groups in total. The number of hydrogen-bond acceptors (Lipinski definition) is 8. The maximum Gasteiger partial charge on any atom is 0.309 e. The highest BCUT2D eigenvalue weighted by Crippen LogP contribution is 2.28. The minimum Gasteiger partial charge on any atom is -0.460 e. The van der Waals surface area contributed by atoms with Crippen molar-refractivity contribution in [2.75, 3.05) is 27.2 Å². The van der Waals surface area contributed by atoms with E-state index in [4.69, 9.17) is 4.74 Å². The van der Waals surface area contributed by atoms with E-state index in [-0.39, 0.29) is 30.4 Å². The SMILES string of the molecule is CC(=O)NCC1CC(Cc2ccc(-c3ccc(-c4nnn(CCN(C)C)n4)nc3)c(F)c2)C(=O)O1. The summed E-state index contributed by atoms with van der Waals surface area (Å²) in [5, 5.41) is 15.1. The Morgan fingerprint density at radius 3 is 2.80 bits per heavy atom.